The quantitative estimate of drug-likeness (QED) is 0.594. The van der Waals surface area contributed by atoms with Gasteiger partial charge in [-0.15, -0.1) is 0 Å². The van der Waals surface area contributed by atoms with Crippen LogP contribution in [0.15, 0.2) is 23.1 Å². The van der Waals surface area contributed by atoms with Crippen molar-refractivity contribution in [1.82, 2.24) is 9.21 Å². The summed E-state index contributed by atoms with van der Waals surface area (Å²) >= 11 is 0. The van der Waals surface area contributed by atoms with Gasteiger partial charge >= 0.3 is 0 Å². The summed E-state index contributed by atoms with van der Waals surface area (Å²) in [4.78, 5) is 18.1. The van der Waals surface area contributed by atoms with Gasteiger partial charge in [0.05, 0.1) is 63.8 Å². The summed E-state index contributed by atoms with van der Waals surface area (Å²) in [5.74, 6) is 0.209. The molecule has 0 bridgehead atoms. The number of piperazine rings is 2. The Bertz CT molecular complexity index is 826. The second-order valence-electron chi connectivity index (χ2n) is 8.48. The number of sulfonamides is 1. The number of carbonyl (C=O) groups is 1. The molecule has 8 heteroatoms. The molecular weight excluding hydrogens is 388 g/mol. The van der Waals surface area contributed by atoms with Gasteiger partial charge in [0.15, 0.2) is 6.04 Å². The SMILES string of the molecule is CC[NH+]1CCN(C(=O)[C@@H](C)[NH+]2CCN(S(=O)(=O)c3ccc(C)cc3C)CC2)CC1. The van der Waals surface area contributed by atoms with Gasteiger partial charge in [-0.2, -0.15) is 4.31 Å². The maximum Gasteiger partial charge on any atom is 0.280 e. The van der Waals surface area contributed by atoms with Crippen LogP contribution in [-0.4, -0.2) is 88.5 Å². The first kappa shape index (κ1) is 22.2. The van der Waals surface area contributed by atoms with Crippen molar-refractivity contribution in [2.24, 2.45) is 0 Å². The van der Waals surface area contributed by atoms with Gasteiger partial charge in [-0.1, -0.05) is 17.7 Å². The van der Waals surface area contributed by atoms with E-state index in [1.165, 1.54) is 4.90 Å². The van der Waals surface area contributed by atoms with Crippen LogP contribution in [0.4, 0.5) is 0 Å². The number of hydrogen-bond acceptors (Lipinski definition) is 3. The fraction of sp³-hybridized carbons (Fsp3) is 0.667. The molecule has 1 atom stereocenters. The lowest BCUT2D eigenvalue weighted by Gasteiger charge is -2.37. The first-order valence-corrected chi connectivity index (χ1v) is 12.2. The number of rotatable bonds is 5. The molecule has 2 aliphatic heterocycles. The largest absolute Gasteiger partial charge is 0.332 e. The maximum atomic E-state index is 13.1. The molecule has 0 unspecified atom stereocenters. The highest BCUT2D eigenvalue weighted by Crippen LogP contribution is 2.21. The van der Waals surface area contributed by atoms with Crippen molar-refractivity contribution in [2.75, 3.05) is 58.9 Å². The molecule has 2 N–H and O–H groups in total. The van der Waals surface area contributed by atoms with Gasteiger partial charge < -0.3 is 14.7 Å². The van der Waals surface area contributed by atoms with Crippen LogP contribution in [0.2, 0.25) is 0 Å². The summed E-state index contributed by atoms with van der Waals surface area (Å²) in [6.45, 7) is 15.0. The Morgan fingerprint density at radius 3 is 2.24 bits per heavy atom. The molecule has 3 rings (SSSR count). The van der Waals surface area contributed by atoms with E-state index in [2.05, 4.69) is 6.92 Å². The van der Waals surface area contributed by atoms with Gasteiger partial charge in [0.1, 0.15) is 0 Å². The first-order chi connectivity index (χ1) is 13.7. The van der Waals surface area contributed by atoms with E-state index < -0.39 is 10.0 Å². The van der Waals surface area contributed by atoms with Crippen LogP contribution < -0.4 is 9.80 Å². The van der Waals surface area contributed by atoms with E-state index in [4.69, 9.17) is 0 Å². The van der Waals surface area contributed by atoms with Crippen molar-refractivity contribution in [3.8, 4) is 0 Å². The lowest BCUT2D eigenvalue weighted by molar-refractivity contribution is -0.918. The molecule has 2 saturated heterocycles. The van der Waals surface area contributed by atoms with Crippen LogP contribution in [-0.2, 0) is 14.8 Å². The van der Waals surface area contributed by atoms with E-state index in [9.17, 15) is 13.2 Å². The zero-order valence-corrected chi connectivity index (χ0v) is 19.0. The van der Waals surface area contributed by atoms with E-state index in [0.29, 0.717) is 31.1 Å². The van der Waals surface area contributed by atoms with Crippen molar-refractivity contribution < 1.29 is 23.0 Å². The summed E-state index contributed by atoms with van der Waals surface area (Å²) in [7, 11) is -3.49. The number of benzene rings is 1. The molecule has 0 spiro atoms. The minimum atomic E-state index is -3.49. The predicted octanol–water partition coefficient (Wildman–Crippen LogP) is -1.67. The van der Waals surface area contributed by atoms with Crippen LogP contribution in [0.3, 0.4) is 0 Å². The van der Waals surface area contributed by atoms with Crippen LogP contribution in [0.5, 0.6) is 0 Å². The Kier molecular flexibility index (Phi) is 6.98. The number of nitrogens with one attached hydrogen (secondary N) is 2. The molecule has 29 heavy (non-hydrogen) atoms. The second kappa shape index (κ2) is 9.12. The Labute approximate surface area is 175 Å². The molecule has 0 aromatic heterocycles. The lowest BCUT2D eigenvalue weighted by atomic mass is 10.2. The maximum absolute atomic E-state index is 13.1. The Morgan fingerprint density at radius 2 is 1.69 bits per heavy atom. The van der Waals surface area contributed by atoms with Crippen LogP contribution in [0.1, 0.15) is 25.0 Å². The van der Waals surface area contributed by atoms with E-state index in [-0.39, 0.29) is 11.9 Å². The van der Waals surface area contributed by atoms with Gasteiger partial charge in [-0.25, -0.2) is 8.42 Å². The predicted molar refractivity (Wildman–Crippen MR) is 113 cm³/mol. The van der Waals surface area contributed by atoms with Crippen molar-refractivity contribution in [3.05, 3.63) is 29.3 Å². The molecule has 2 fully saturated rings. The molecule has 1 aromatic rings. The topological polar surface area (TPSA) is 66.6 Å². The van der Waals surface area contributed by atoms with Gasteiger partial charge in [-0.3, -0.25) is 4.79 Å². The number of aryl methyl sites for hydroxylation is 2. The summed E-state index contributed by atoms with van der Waals surface area (Å²) in [6, 6.07) is 5.35. The average Bonchev–Trinajstić information content (AvgIpc) is 2.72. The molecule has 7 nitrogen and oxygen atoms in total. The van der Waals surface area contributed by atoms with Gasteiger partial charge in [0.25, 0.3) is 5.91 Å². The molecule has 0 aliphatic carbocycles. The number of amides is 1. The first-order valence-electron chi connectivity index (χ1n) is 10.8. The summed E-state index contributed by atoms with van der Waals surface area (Å²) in [6.07, 6.45) is 0. The highest BCUT2D eigenvalue weighted by Gasteiger charge is 2.37. The molecule has 162 valence electrons. The van der Waals surface area contributed by atoms with Crippen LogP contribution >= 0.6 is 0 Å². The van der Waals surface area contributed by atoms with E-state index in [1.54, 1.807) is 15.3 Å². The van der Waals surface area contributed by atoms with E-state index >= 15 is 0 Å². The summed E-state index contributed by atoms with van der Waals surface area (Å²) in [5.41, 5.74) is 1.85. The Hall–Kier alpha value is -1.48. The number of nitrogens with zero attached hydrogens (tertiary/aromatic N) is 2. The normalized spacial score (nSPS) is 21.3. The highest BCUT2D eigenvalue weighted by atomic mass is 32.2. The highest BCUT2D eigenvalue weighted by molar-refractivity contribution is 7.89. The van der Waals surface area contributed by atoms with E-state index in [0.717, 1.165) is 43.9 Å². The number of hydrogen-bond donors (Lipinski definition) is 2. The van der Waals surface area contributed by atoms with Crippen LogP contribution in [0.25, 0.3) is 0 Å². The molecular formula is C21H36N4O3S+2. The molecule has 2 aliphatic rings. The van der Waals surface area contributed by atoms with E-state index in [1.807, 2.05) is 37.8 Å². The fourth-order valence-electron chi connectivity index (χ4n) is 4.52. The summed E-state index contributed by atoms with van der Waals surface area (Å²) in [5, 5.41) is 0. The minimum absolute atomic E-state index is 0.121. The third-order valence-corrected chi connectivity index (χ3v) is 8.64. The van der Waals surface area contributed by atoms with Gasteiger partial charge in [-0.05, 0) is 39.3 Å². The van der Waals surface area contributed by atoms with Gasteiger partial charge in [0.2, 0.25) is 10.0 Å². The Morgan fingerprint density at radius 1 is 1.07 bits per heavy atom. The van der Waals surface area contributed by atoms with Crippen LogP contribution in [0, 0.1) is 13.8 Å². The van der Waals surface area contributed by atoms with Gasteiger partial charge in [0, 0.05) is 0 Å². The lowest BCUT2D eigenvalue weighted by Crippen LogP contribution is -3.19. The molecule has 0 radical (unpaired) electrons. The average molecular weight is 425 g/mol. The molecule has 1 amide bonds. The minimum Gasteiger partial charge on any atom is -0.332 e. The smallest absolute Gasteiger partial charge is 0.280 e. The standard InChI is InChI=1S/C21H34N4O3S/c1-5-22-8-10-24(11-9-22)21(26)19(4)23-12-14-25(15-13-23)29(27,28)20-7-6-17(2)16-18(20)3/h6-7,16,19H,5,8-15H2,1-4H3/p+2/t19-/m1/s1. The third-order valence-electron chi connectivity index (χ3n) is 6.58. The fourth-order valence-corrected chi connectivity index (χ4v) is 6.17. The molecule has 1 aromatic carbocycles. The van der Waals surface area contributed by atoms with Crippen molar-refractivity contribution in [1.29, 1.82) is 0 Å². The third kappa shape index (κ3) is 4.82. The Balaban J connectivity index is 1.59. The molecule has 2 heterocycles. The number of quaternary nitrogens is 2. The van der Waals surface area contributed by atoms with Crippen molar-refractivity contribution in [3.63, 3.8) is 0 Å². The zero-order valence-electron chi connectivity index (χ0n) is 18.2. The van der Waals surface area contributed by atoms with Crippen molar-refractivity contribution in [2.45, 2.75) is 38.6 Å². The zero-order chi connectivity index (χ0) is 21.2. The number of carbonyl (C=O) groups excluding carboxylic acids is 1. The second-order valence-corrected chi connectivity index (χ2v) is 10.4. The van der Waals surface area contributed by atoms with Crippen molar-refractivity contribution >= 4 is 15.9 Å². The molecule has 0 saturated carbocycles. The number of likely N-dealkylation sites (N-methyl/N-ethyl adjacent to an activating group) is 1. The summed E-state index contributed by atoms with van der Waals surface area (Å²) < 4.78 is 27.7. The monoisotopic (exact) mass is 424 g/mol.